The maximum atomic E-state index is 12.2. The molecular weight excluding hydrogens is 316 g/mol. The molecule has 4 aromatic rings. The Kier molecular flexibility index (Phi) is 3.09. The fourth-order valence-corrected chi connectivity index (χ4v) is 4.07. The second-order valence-corrected chi connectivity index (χ2v) is 6.94. The van der Waals surface area contributed by atoms with Crippen LogP contribution >= 0.6 is 22.7 Å². The first-order chi connectivity index (χ1) is 10.7. The number of aryl methyl sites for hydroxylation is 1. The Bertz CT molecular complexity index is 991. The first-order valence-electron chi connectivity index (χ1n) is 6.59. The predicted octanol–water partition coefficient (Wildman–Crippen LogP) is 3.86. The number of hydrogen-bond donors (Lipinski definition) is 1. The van der Waals surface area contributed by atoms with Gasteiger partial charge in [-0.1, -0.05) is 11.3 Å². The van der Waals surface area contributed by atoms with Gasteiger partial charge in [-0.3, -0.25) is 15.1 Å². The normalized spacial score (nSPS) is 11.1. The van der Waals surface area contributed by atoms with Crippen LogP contribution in [0.1, 0.15) is 15.4 Å². The van der Waals surface area contributed by atoms with Crippen LogP contribution in [0.25, 0.3) is 20.4 Å². The van der Waals surface area contributed by atoms with Crippen LogP contribution in [-0.2, 0) is 0 Å². The maximum absolute atomic E-state index is 12.2. The summed E-state index contributed by atoms with van der Waals surface area (Å²) in [5, 5.41) is 4.44. The fraction of sp³-hybridized carbons (Fsp3) is 0.0667. The smallest absolute Gasteiger partial charge is 0.257 e. The summed E-state index contributed by atoms with van der Waals surface area (Å²) in [6.07, 6.45) is 3.18. The largest absolute Gasteiger partial charge is 0.298 e. The number of amides is 1. The second kappa shape index (κ2) is 5.11. The summed E-state index contributed by atoms with van der Waals surface area (Å²) < 4.78 is 2.15. The molecule has 0 unspecified atom stereocenters. The van der Waals surface area contributed by atoms with Crippen molar-refractivity contribution >= 4 is 54.1 Å². The van der Waals surface area contributed by atoms with Gasteiger partial charge in [0.2, 0.25) is 0 Å². The van der Waals surface area contributed by atoms with Gasteiger partial charge in [-0.05, 0) is 31.2 Å². The second-order valence-electron chi connectivity index (χ2n) is 4.70. The quantitative estimate of drug-likeness (QED) is 0.607. The highest BCUT2D eigenvalue weighted by molar-refractivity contribution is 7.24. The van der Waals surface area contributed by atoms with Gasteiger partial charge in [0.15, 0.2) is 5.13 Å². The molecular formula is C15H10N4OS2. The standard InChI is InChI=1S/C15H10N4OS2/c1-8-17-12-11(21-8)3-2-10-13(12)22-15(18-10)19-14(20)9-4-6-16-7-5-9/h2-7H,1H3,(H,18,19,20). The lowest BCUT2D eigenvalue weighted by atomic mass is 10.2. The number of carbonyl (C=O) groups excluding carboxylic acids is 1. The SMILES string of the molecule is Cc1nc2c(ccc3nc(NC(=O)c4ccncc4)sc32)s1. The van der Waals surface area contributed by atoms with Crippen LogP contribution in [0, 0.1) is 6.92 Å². The summed E-state index contributed by atoms with van der Waals surface area (Å²) in [5.41, 5.74) is 2.37. The summed E-state index contributed by atoms with van der Waals surface area (Å²) in [7, 11) is 0. The van der Waals surface area contributed by atoms with Crippen LogP contribution < -0.4 is 5.32 Å². The summed E-state index contributed by atoms with van der Waals surface area (Å²) >= 11 is 3.11. The average Bonchev–Trinajstić information content (AvgIpc) is 3.09. The van der Waals surface area contributed by atoms with E-state index >= 15 is 0 Å². The number of rotatable bonds is 2. The van der Waals surface area contributed by atoms with Crippen molar-refractivity contribution in [2.45, 2.75) is 6.92 Å². The first-order valence-corrected chi connectivity index (χ1v) is 8.22. The Balaban J connectivity index is 1.73. The lowest BCUT2D eigenvalue weighted by Crippen LogP contribution is -2.11. The summed E-state index contributed by atoms with van der Waals surface area (Å²) in [6, 6.07) is 7.33. The average molecular weight is 326 g/mol. The van der Waals surface area contributed by atoms with Crippen LogP contribution in [0.4, 0.5) is 5.13 Å². The van der Waals surface area contributed by atoms with Gasteiger partial charge >= 0.3 is 0 Å². The molecule has 7 heteroatoms. The lowest BCUT2D eigenvalue weighted by Gasteiger charge is -1.99. The van der Waals surface area contributed by atoms with Gasteiger partial charge in [0, 0.05) is 18.0 Å². The molecule has 5 nitrogen and oxygen atoms in total. The number of benzene rings is 1. The van der Waals surface area contributed by atoms with Gasteiger partial charge < -0.3 is 0 Å². The molecule has 0 aliphatic heterocycles. The molecule has 0 bridgehead atoms. The molecule has 0 saturated heterocycles. The monoisotopic (exact) mass is 326 g/mol. The van der Waals surface area contributed by atoms with Crippen molar-refractivity contribution < 1.29 is 4.79 Å². The number of fused-ring (bicyclic) bond motifs is 3. The van der Waals surface area contributed by atoms with Crippen molar-refractivity contribution in [2.24, 2.45) is 0 Å². The Hall–Kier alpha value is -2.38. The maximum Gasteiger partial charge on any atom is 0.257 e. The Morgan fingerprint density at radius 3 is 2.73 bits per heavy atom. The van der Waals surface area contributed by atoms with Crippen molar-refractivity contribution in [2.75, 3.05) is 5.32 Å². The van der Waals surface area contributed by atoms with E-state index < -0.39 is 0 Å². The zero-order valence-electron chi connectivity index (χ0n) is 11.5. The predicted molar refractivity (Wildman–Crippen MR) is 89.7 cm³/mol. The van der Waals surface area contributed by atoms with Crippen molar-refractivity contribution in [1.82, 2.24) is 15.0 Å². The Morgan fingerprint density at radius 2 is 1.91 bits per heavy atom. The molecule has 0 aliphatic carbocycles. The van der Waals surface area contributed by atoms with E-state index in [1.54, 1.807) is 35.9 Å². The van der Waals surface area contributed by atoms with Gasteiger partial charge in [0.25, 0.3) is 5.91 Å². The van der Waals surface area contributed by atoms with E-state index in [-0.39, 0.29) is 5.91 Å². The number of nitrogens with one attached hydrogen (secondary N) is 1. The minimum Gasteiger partial charge on any atom is -0.298 e. The molecule has 22 heavy (non-hydrogen) atoms. The van der Waals surface area contributed by atoms with Gasteiger partial charge in [-0.2, -0.15) is 0 Å². The topological polar surface area (TPSA) is 67.8 Å². The van der Waals surface area contributed by atoms with E-state index in [1.165, 1.54) is 11.3 Å². The molecule has 1 amide bonds. The zero-order chi connectivity index (χ0) is 15.1. The van der Waals surface area contributed by atoms with Crippen molar-refractivity contribution in [3.05, 3.63) is 47.2 Å². The van der Waals surface area contributed by atoms with Crippen LogP contribution in [-0.4, -0.2) is 20.9 Å². The van der Waals surface area contributed by atoms with Gasteiger partial charge in [0.1, 0.15) is 5.52 Å². The van der Waals surface area contributed by atoms with E-state index in [1.807, 2.05) is 19.1 Å². The van der Waals surface area contributed by atoms with Crippen molar-refractivity contribution in [3.8, 4) is 0 Å². The van der Waals surface area contributed by atoms with Crippen LogP contribution in [0.2, 0.25) is 0 Å². The lowest BCUT2D eigenvalue weighted by molar-refractivity contribution is 0.102. The molecule has 1 N–H and O–H groups in total. The van der Waals surface area contributed by atoms with E-state index in [0.29, 0.717) is 10.7 Å². The third-order valence-corrected chi connectivity index (χ3v) is 5.11. The molecule has 0 spiro atoms. The van der Waals surface area contributed by atoms with Crippen LogP contribution in [0.5, 0.6) is 0 Å². The molecule has 1 aromatic carbocycles. The fourth-order valence-electron chi connectivity index (χ4n) is 2.21. The number of carbonyl (C=O) groups is 1. The van der Waals surface area contributed by atoms with Crippen LogP contribution in [0.3, 0.4) is 0 Å². The molecule has 0 saturated carbocycles. The molecule has 0 atom stereocenters. The third kappa shape index (κ3) is 2.24. The van der Waals surface area contributed by atoms with E-state index in [9.17, 15) is 4.79 Å². The highest BCUT2D eigenvalue weighted by Gasteiger charge is 2.13. The highest BCUT2D eigenvalue weighted by atomic mass is 32.1. The van der Waals surface area contributed by atoms with E-state index in [2.05, 4.69) is 20.3 Å². The number of anilines is 1. The minimum atomic E-state index is -0.188. The Labute approximate surface area is 133 Å². The first kappa shape index (κ1) is 13.3. The van der Waals surface area contributed by atoms with Gasteiger partial charge in [0.05, 0.1) is 19.9 Å². The van der Waals surface area contributed by atoms with E-state index in [0.717, 1.165) is 25.4 Å². The number of pyridine rings is 1. The molecule has 3 heterocycles. The number of thiazole rings is 2. The molecule has 3 aromatic heterocycles. The van der Waals surface area contributed by atoms with Gasteiger partial charge in [-0.15, -0.1) is 11.3 Å². The summed E-state index contributed by atoms with van der Waals surface area (Å²) in [5.74, 6) is -0.188. The third-order valence-electron chi connectivity index (χ3n) is 3.18. The highest BCUT2D eigenvalue weighted by Crippen LogP contribution is 2.34. The van der Waals surface area contributed by atoms with Gasteiger partial charge in [-0.25, -0.2) is 9.97 Å². The molecule has 0 fully saturated rings. The van der Waals surface area contributed by atoms with E-state index in [4.69, 9.17) is 0 Å². The van der Waals surface area contributed by atoms with Crippen LogP contribution in [0.15, 0.2) is 36.7 Å². The number of nitrogens with zero attached hydrogens (tertiary/aromatic N) is 3. The summed E-state index contributed by atoms with van der Waals surface area (Å²) in [6.45, 7) is 1.99. The summed E-state index contributed by atoms with van der Waals surface area (Å²) in [4.78, 5) is 25.1. The zero-order valence-corrected chi connectivity index (χ0v) is 13.2. The van der Waals surface area contributed by atoms with Crippen molar-refractivity contribution in [1.29, 1.82) is 0 Å². The molecule has 108 valence electrons. The number of hydrogen-bond acceptors (Lipinski definition) is 6. The minimum absolute atomic E-state index is 0.188. The Morgan fingerprint density at radius 1 is 1.09 bits per heavy atom. The molecule has 0 aliphatic rings. The molecule has 0 radical (unpaired) electrons. The number of aromatic nitrogens is 3. The molecule has 4 rings (SSSR count). The van der Waals surface area contributed by atoms with Crippen molar-refractivity contribution in [3.63, 3.8) is 0 Å².